The van der Waals surface area contributed by atoms with Crippen molar-refractivity contribution in [1.82, 2.24) is 4.90 Å². The minimum Gasteiger partial charge on any atom is -0.497 e. The minimum atomic E-state index is -4.51. The van der Waals surface area contributed by atoms with Crippen LogP contribution < -0.4 is 9.64 Å². The molecule has 3 rings (SSSR count). The predicted octanol–water partition coefficient (Wildman–Crippen LogP) is 4.63. The van der Waals surface area contributed by atoms with Gasteiger partial charge in [-0.2, -0.15) is 13.2 Å². The molecule has 10 heteroatoms. The van der Waals surface area contributed by atoms with E-state index in [2.05, 4.69) is 10.0 Å². The van der Waals surface area contributed by atoms with Crippen LogP contribution in [0.1, 0.15) is 22.6 Å². The number of ether oxygens (including phenoxy) is 1. The van der Waals surface area contributed by atoms with Gasteiger partial charge in [-0.05, 0) is 67.5 Å². The molecule has 0 bridgehead atoms. The zero-order chi connectivity index (χ0) is 23.5. The molecule has 7 nitrogen and oxygen atoms in total. The van der Waals surface area contributed by atoms with Crippen molar-refractivity contribution < 1.29 is 22.7 Å². The SMILES string of the molecule is COc1ccc([C@H]2Cc3cc(C(F)(F)F)ccc3N(CCN(C)C)C(=O)[C@H]2N=[N+]=[N-])cc1. The number of nitrogens with zero attached hydrogens (tertiary/aromatic N) is 5. The molecule has 0 radical (unpaired) electrons. The summed E-state index contributed by atoms with van der Waals surface area (Å²) in [5.74, 6) is -0.471. The first-order valence-electron chi connectivity index (χ1n) is 10.00. The Hall–Kier alpha value is -3.23. The number of anilines is 1. The summed E-state index contributed by atoms with van der Waals surface area (Å²) in [6, 6.07) is 9.17. The van der Waals surface area contributed by atoms with Crippen LogP contribution in [0.2, 0.25) is 0 Å². The normalized spacial score (nSPS) is 18.7. The van der Waals surface area contributed by atoms with Crippen LogP contribution >= 0.6 is 0 Å². The van der Waals surface area contributed by atoms with Gasteiger partial charge in [0.05, 0.1) is 12.7 Å². The Morgan fingerprint density at radius 3 is 2.47 bits per heavy atom. The van der Waals surface area contributed by atoms with E-state index in [4.69, 9.17) is 10.3 Å². The van der Waals surface area contributed by atoms with E-state index in [0.717, 1.165) is 12.1 Å². The number of rotatable bonds is 6. The molecule has 0 N–H and O–H groups in total. The molecule has 2 aromatic carbocycles. The third kappa shape index (κ3) is 4.98. The number of likely N-dealkylation sites (N-methyl/N-ethyl adjacent to an activating group) is 1. The lowest BCUT2D eigenvalue weighted by molar-refractivity contribution is -0.137. The van der Waals surface area contributed by atoms with Crippen molar-refractivity contribution in [2.75, 3.05) is 39.2 Å². The lowest BCUT2D eigenvalue weighted by Crippen LogP contribution is -2.43. The zero-order valence-electron chi connectivity index (χ0n) is 18.0. The Kier molecular flexibility index (Phi) is 6.96. The molecule has 1 heterocycles. The van der Waals surface area contributed by atoms with E-state index in [9.17, 15) is 18.0 Å². The summed E-state index contributed by atoms with van der Waals surface area (Å²) in [5, 5.41) is 3.78. The number of benzene rings is 2. The maximum atomic E-state index is 13.5. The summed E-state index contributed by atoms with van der Waals surface area (Å²) in [4.78, 5) is 19.7. The Labute approximate surface area is 184 Å². The van der Waals surface area contributed by atoms with Gasteiger partial charge in [-0.3, -0.25) is 4.79 Å². The second-order valence-corrected chi connectivity index (χ2v) is 7.87. The predicted molar refractivity (Wildman–Crippen MR) is 115 cm³/mol. The van der Waals surface area contributed by atoms with Crippen molar-refractivity contribution in [3.63, 3.8) is 0 Å². The lowest BCUT2D eigenvalue weighted by Gasteiger charge is -2.27. The van der Waals surface area contributed by atoms with Gasteiger partial charge < -0.3 is 14.5 Å². The molecule has 0 aliphatic carbocycles. The van der Waals surface area contributed by atoms with Gasteiger partial charge in [0.1, 0.15) is 11.8 Å². The van der Waals surface area contributed by atoms with Gasteiger partial charge in [0.25, 0.3) is 0 Å². The van der Waals surface area contributed by atoms with Gasteiger partial charge >= 0.3 is 6.18 Å². The van der Waals surface area contributed by atoms with E-state index in [1.54, 1.807) is 24.3 Å². The van der Waals surface area contributed by atoms with Crippen LogP contribution in [-0.4, -0.2) is 51.1 Å². The number of hydrogen-bond donors (Lipinski definition) is 0. The fourth-order valence-electron chi connectivity index (χ4n) is 3.86. The van der Waals surface area contributed by atoms with Crippen molar-refractivity contribution in [3.05, 3.63) is 69.6 Å². The molecular weight excluding hydrogens is 423 g/mol. The number of methoxy groups -OCH3 is 1. The van der Waals surface area contributed by atoms with Gasteiger partial charge in [-0.25, -0.2) is 0 Å². The quantitative estimate of drug-likeness (QED) is 0.368. The maximum Gasteiger partial charge on any atom is 0.416 e. The topological polar surface area (TPSA) is 81.5 Å². The van der Waals surface area contributed by atoms with E-state index >= 15 is 0 Å². The molecule has 2 aromatic rings. The van der Waals surface area contributed by atoms with E-state index < -0.39 is 29.6 Å². The number of fused-ring (bicyclic) bond motifs is 1. The van der Waals surface area contributed by atoms with Crippen LogP contribution in [0, 0.1) is 0 Å². The van der Waals surface area contributed by atoms with Crippen LogP contribution in [0.3, 0.4) is 0 Å². The van der Waals surface area contributed by atoms with Gasteiger partial charge in [-0.1, -0.05) is 17.2 Å². The monoisotopic (exact) mass is 447 g/mol. The third-order valence-electron chi connectivity index (χ3n) is 5.53. The van der Waals surface area contributed by atoms with E-state index in [0.29, 0.717) is 29.1 Å². The van der Waals surface area contributed by atoms with E-state index in [1.807, 2.05) is 19.0 Å². The average molecular weight is 447 g/mol. The Morgan fingerprint density at radius 2 is 1.91 bits per heavy atom. The van der Waals surface area contributed by atoms with Crippen molar-refractivity contribution >= 4 is 11.6 Å². The molecule has 0 fully saturated rings. The van der Waals surface area contributed by atoms with Crippen LogP contribution in [0.15, 0.2) is 47.6 Å². The highest BCUT2D eigenvalue weighted by Gasteiger charge is 2.39. The molecule has 0 unspecified atom stereocenters. The number of halogens is 3. The number of alkyl halides is 3. The second kappa shape index (κ2) is 9.50. The Morgan fingerprint density at radius 1 is 1.22 bits per heavy atom. The molecule has 1 aliphatic rings. The molecule has 32 heavy (non-hydrogen) atoms. The van der Waals surface area contributed by atoms with Gasteiger partial charge in [0.15, 0.2) is 0 Å². The molecule has 0 aromatic heterocycles. The number of hydrogen-bond acceptors (Lipinski definition) is 4. The van der Waals surface area contributed by atoms with Crippen molar-refractivity contribution in [2.24, 2.45) is 5.11 Å². The highest BCUT2D eigenvalue weighted by molar-refractivity contribution is 5.99. The molecule has 0 spiro atoms. The van der Waals surface area contributed by atoms with Crippen LogP contribution in [0.5, 0.6) is 5.75 Å². The first-order valence-corrected chi connectivity index (χ1v) is 10.00. The van der Waals surface area contributed by atoms with Crippen molar-refractivity contribution in [1.29, 1.82) is 0 Å². The van der Waals surface area contributed by atoms with Crippen molar-refractivity contribution in [2.45, 2.75) is 24.6 Å². The van der Waals surface area contributed by atoms with Gasteiger partial charge in [0.2, 0.25) is 5.91 Å². The van der Waals surface area contributed by atoms with Crippen LogP contribution in [0.25, 0.3) is 10.4 Å². The smallest absolute Gasteiger partial charge is 0.416 e. The molecule has 1 amide bonds. The number of azide groups is 1. The summed E-state index contributed by atoms with van der Waals surface area (Å²) in [5.41, 5.74) is 9.83. The molecular formula is C22H24F3N5O2. The molecule has 2 atom stereocenters. The third-order valence-corrected chi connectivity index (χ3v) is 5.53. The standard InChI is InChI=1S/C22H24F3N5O2/c1-29(2)10-11-30-19-9-6-16(22(23,24)25)12-15(19)13-18(20(21(30)31)27-28-26)14-4-7-17(32-3)8-5-14/h4-9,12,18,20H,10-11,13H2,1-3H3/t18-,20+/m1/s1. The van der Waals surface area contributed by atoms with Crippen LogP contribution in [-0.2, 0) is 17.4 Å². The largest absolute Gasteiger partial charge is 0.497 e. The first kappa shape index (κ1) is 23.4. The number of carbonyl (C=O) groups excluding carboxylic acids is 1. The highest BCUT2D eigenvalue weighted by Crippen LogP contribution is 2.40. The zero-order valence-corrected chi connectivity index (χ0v) is 18.0. The van der Waals surface area contributed by atoms with Gasteiger partial charge in [-0.15, -0.1) is 0 Å². The first-order chi connectivity index (χ1) is 15.2. The second-order valence-electron chi connectivity index (χ2n) is 7.87. The molecule has 0 saturated carbocycles. The fourth-order valence-corrected chi connectivity index (χ4v) is 3.86. The summed E-state index contributed by atoms with van der Waals surface area (Å²) < 4.78 is 45.4. The van der Waals surface area contributed by atoms with E-state index in [1.165, 1.54) is 18.1 Å². The maximum absolute atomic E-state index is 13.5. The molecule has 1 aliphatic heterocycles. The number of amides is 1. The summed E-state index contributed by atoms with van der Waals surface area (Å²) in [7, 11) is 5.19. The molecule has 170 valence electrons. The summed E-state index contributed by atoms with van der Waals surface area (Å²) >= 11 is 0. The fraction of sp³-hybridized carbons (Fsp3) is 0.409. The van der Waals surface area contributed by atoms with Crippen molar-refractivity contribution in [3.8, 4) is 5.75 Å². The molecule has 0 saturated heterocycles. The summed E-state index contributed by atoms with van der Waals surface area (Å²) in [6.07, 6.45) is -4.40. The number of carbonyl (C=O) groups is 1. The lowest BCUT2D eigenvalue weighted by atomic mass is 9.86. The average Bonchev–Trinajstić information content (AvgIpc) is 2.86. The van der Waals surface area contributed by atoms with Gasteiger partial charge in [0, 0.05) is 29.6 Å². The van der Waals surface area contributed by atoms with E-state index in [-0.39, 0.29) is 13.0 Å². The van der Waals surface area contributed by atoms with Crippen LogP contribution in [0.4, 0.5) is 18.9 Å². The minimum absolute atomic E-state index is 0.111. The Bertz CT molecular complexity index is 1020. The highest BCUT2D eigenvalue weighted by atomic mass is 19.4. The Balaban J connectivity index is 2.16. The summed E-state index contributed by atoms with van der Waals surface area (Å²) in [6.45, 7) is 0.735.